The number of aliphatic hydroxyl groups is 1. The van der Waals surface area contributed by atoms with Crippen LogP contribution in [0, 0.1) is 0 Å². The Bertz CT molecular complexity index is 768. The SMILES string of the molecule is CCC(CC(=O)N1CCC2(O)CCCC1C2)c1c[nH]c2ccccc12. The minimum Gasteiger partial charge on any atom is -0.390 e. The number of piperidine rings is 1. The van der Waals surface area contributed by atoms with Gasteiger partial charge in [0, 0.05) is 36.1 Å². The Morgan fingerprint density at radius 2 is 2.24 bits per heavy atom. The maximum absolute atomic E-state index is 13.0. The molecule has 1 aromatic carbocycles. The first kappa shape index (κ1) is 16.6. The standard InChI is InChI=1S/C21H28N2O2/c1-2-15(18-14-22-19-8-4-3-7-17(18)19)12-20(24)23-11-10-21(25)9-5-6-16(23)13-21/h3-4,7-8,14-16,22,25H,2,5-6,9-13H2,1H3. The van der Waals surface area contributed by atoms with Crippen molar-refractivity contribution in [1.29, 1.82) is 0 Å². The van der Waals surface area contributed by atoms with Gasteiger partial charge in [0.25, 0.3) is 0 Å². The normalized spacial score (nSPS) is 27.4. The van der Waals surface area contributed by atoms with E-state index in [0.29, 0.717) is 13.0 Å². The Kier molecular flexibility index (Phi) is 4.32. The van der Waals surface area contributed by atoms with E-state index in [2.05, 4.69) is 41.2 Å². The Hall–Kier alpha value is -1.81. The number of benzene rings is 1. The van der Waals surface area contributed by atoms with E-state index in [0.717, 1.165) is 44.0 Å². The van der Waals surface area contributed by atoms with Gasteiger partial charge < -0.3 is 15.0 Å². The average molecular weight is 340 g/mol. The van der Waals surface area contributed by atoms with Crippen LogP contribution in [-0.4, -0.2) is 39.1 Å². The van der Waals surface area contributed by atoms with Gasteiger partial charge in [0.2, 0.25) is 5.91 Å². The van der Waals surface area contributed by atoms with Gasteiger partial charge in [0.15, 0.2) is 0 Å². The van der Waals surface area contributed by atoms with Crippen molar-refractivity contribution < 1.29 is 9.90 Å². The molecule has 2 fully saturated rings. The van der Waals surface area contributed by atoms with E-state index in [4.69, 9.17) is 0 Å². The average Bonchev–Trinajstić information content (AvgIpc) is 3.03. The summed E-state index contributed by atoms with van der Waals surface area (Å²) in [5.41, 5.74) is 1.88. The van der Waals surface area contributed by atoms with Crippen molar-refractivity contribution in [2.24, 2.45) is 0 Å². The number of likely N-dealkylation sites (tertiary alicyclic amines) is 1. The fourth-order valence-electron chi connectivity index (χ4n) is 4.88. The number of amides is 1. The molecule has 4 nitrogen and oxygen atoms in total. The van der Waals surface area contributed by atoms with Crippen molar-refractivity contribution in [3.05, 3.63) is 36.0 Å². The second-order valence-electron chi connectivity index (χ2n) is 7.91. The third-order valence-corrected chi connectivity index (χ3v) is 6.35. The van der Waals surface area contributed by atoms with E-state index < -0.39 is 5.60 Å². The molecule has 0 radical (unpaired) electrons. The molecule has 1 saturated heterocycles. The lowest BCUT2D eigenvalue weighted by molar-refractivity contribution is -0.144. The highest BCUT2D eigenvalue weighted by Crippen LogP contribution is 2.39. The van der Waals surface area contributed by atoms with Gasteiger partial charge in [-0.1, -0.05) is 25.1 Å². The van der Waals surface area contributed by atoms with Gasteiger partial charge in [-0.25, -0.2) is 0 Å². The topological polar surface area (TPSA) is 56.3 Å². The number of fused-ring (bicyclic) bond motifs is 3. The van der Waals surface area contributed by atoms with Crippen LogP contribution in [0.3, 0.4) is 0 Å². The number of aromatic amines is 1. The predicted molar refractivity (Wildman–Crippen MR) is 99.5 cm³/mol. The third-order valence-electron chi connectivity index (χ3n) is 6.35. The zero-order chi connectivity index (χ0) is 17.4. The van der Waals surface area contributed by atoms with Crippen LogP contribution in [0.4, 0.5) is 0 Å². The van der Waals surface area contributed by atoms with Crippen molar-refractivity contribution in [3.63, 3.8) is 0 Å². The monoisotopic (exact) mass is 340 g/mol. The lowest BCUT2D eigenvalue weighted by Gasteiger charge is -2.48. The molecule has 2 aromatic rings. The summed E-state index contributed by atoms with van der Waals surface area (Å²) in [5.74, 6) is 0.499. The molecule has 3 atom stereocenters. The van der Waals surface area contributed by atoms with Crippen molar-refractivity contribution in [2.75, 3.05) is 6.54 Å². The van der Waals surface area contributed by atoms with Crippen LogP contribution in [0.1, 0.15) is 63.4 Å². The van der Waals surface area contributed by atoms with E-state index in [1.54, 1.807) is 0 Å². The number of carbonyl (C=O) groups excluding carboxylic acids is 1. The third kappa shape index (κ3) is 3.08. The Morgan fingerprint density at radius 3 is 3.08 bits per heavy atom. The molecule has 1 saturated carbocycles. The molecule has 2 aliphatic rings. The first-order valence-corrected chi connectivity index (χ1v) is 9.67. The fraction of sp³-hybridized carbons (Fsp3) is 0.571. The fourth-order valence-corrected chi connectivity index (χ4v) is 4.88. The summed E-state index contributed by atoms with van der Waals surface area (Å²) in [6.07, 6.45) is 8.06. The molecule has 1 aliphatic carbocycles. The van der Waals surface area contributed by atoms with Gasteiger partial charge >= 0.3 is 0 Å². The Labute approximate surface area is 149 Å². The number of nitrogens with zero attached hydrogens (tertiary/aromatic N) is 1. The van der Waals surface area contributed by atoms with Gasteiger partial charge in [-0.05, 0) is 56.1 Å². The summed E-state index contributed by atoms with van der Waals surface area (Å²) in [5, 5.41) is 11.8. The maximum Gasteiger partial charge on any atom is 0.223 e. The molecule has 25 heavy (non-hydrogen) atoms. The van der Waals surface area contributed by atoms with Crippen LogP contribution in [-0.2, 0) is 4.79 Å². The van der Waals surface area contributed by atoms with Gasteiger partial charge in [0.1, 0.15) is 0 Å². The minimum absolute atomic E-state index is 0.237. The number of nitrogens with one attached hydrogen (secondary N) is 1. The molecule has 4 heteroatoms. The number of aromatic nitrogens is 1. The largest absolute Gasteiger partial charge is 0.390 e. The van der Waals surface area contributed by atoms with E-state index in [-0.39, 0.29) is 17.9 Å². The summed E-state index contributed by atoms with van der Waals surface area (Å²) >= 11 is 0. The number of hydrogen-bond donors (Lipinski definition) is 2. The molecule has 1 amide bonds. The molecular formula is C21H28N2O2. The van der Waals surface area contributed by atoms with Crippen LogP contribution in [0.2, 0.25) is 0 Å². The quantitative estimate of drug-likeness (QED) is 0.885. The number of para-hydroxylation sites is 1. The van der Waals surface area contributed by atoms with Crippen LogP contribution in [0.15, 0.2) is 30.5 Å². The predicted octanol–water partition coefficient (Wildman–Crippen LogP) is 3.96. The minimum atomic E-state index is -0.513. The zero-order valence-corrected chi connectivity index (χ0v) is 15.0. The first-order chi connectivity index (χ1) is 12.1. The highest BCUT2D eigenvalue weighted by molar-refractivity contribution is 5.85. The molecule has 4 rings (SSSR count). The van der Waals surface area contributed by atoms with Crippen molar-refractivity contribution in [2.45, 2.75) is 69.4 Å². The van der Waals surface area contributed by atoms with Gasteiger partial charge in [-0.15, -0.1) is 0 Å². The van der Waals surface area contributed by atoms with Gasteiger partial charge in [0.05, 0.1) is 5.60 Å². The second kappa shape index (κ2) is 6.49. The van der Waals surface area contributed by atoms with Gasteiger partial charge in [-0.3, -0.25) is 4.79 Å². The zero-order valence-electron chi connectivity index (χ0n) is 15.0. The molecule has 2 bridgehead atoms. The molecule has 1 aromatic heterocycles. The van der Waals surface area contributed by atoms with Crippen molar-refractivity contribution in [1.82, 2.24) is 9.88 Å². The van der Waals surface area contributed by atoms with Crippen LogP contribution in [0.25, 0.3) is 10.9 Å². The smallest absolute Gasteiger partial charge is 0.223 e. The molecule has 2 N–H and O–H groups in total. The van der Waals surface area contributed by atoms with Gasteiger partial charge in [-0.2, -0.15) is 0 Å². The molecule has 2 heterocycles. The first-order valence-electron chi connectivity index (χ1n) is 9.67. The number of hydrogen-bond acceptors (Lipinski definition) is 2. The summed E-state index contributed by atoms with van der Waals surface area (Å²) in [7, 11) is 0. The van der Waals surface area contributed by atoms with E-state index in [1.165, 1.54) is 10.9 Å². The molecular weight excluding hydrogens is 312 g/mol. The lowest BCUT2D eigenvalue weighted by atomic mass is 9.75. The Morgan fingerprint density at radius 1 is 1.40 bits per heavy atom. The van der Waals surface area contributed by atoms with Crippen LogP contribution < -0.4 is 0 Å². The number of rotatable bonds is 4. The number of H-pyrrole nitrogens is 1. The molecule has 1 aliphatic heterocycles. The molecule has 3 unspecified atom stereocenters. The number of carbonyl (C=O) groups is 1. The van der Waals surface area contributed by atoms with E-state index in [1.807, 2.05) is 6.07 Å². The van der Waals surface area contributed by atoms with E-state index >= 15 is 0 Å². The highest BCUT2D eigenvalue weighted by atomic mass is 16.3. The molecule has 0 spiro atoms. The maximum atomic E-state index is 13.0. The highest BCUT2D eigenvalue weighted by Gasteiger charge is 2.42. The second-order valence-corrected chi connectivity index (χ2v) is 7.91. The summed E-state index contributed by atoms with van der Waals surface area (Å²) in [6.45, 7) is 2.87. The summed E-state index contributed by atoms with van der Waals surface area (Å²) in [6, 6.07) is 8.55. The summed E-state index contributed by atoms with van der Waals surface area (Å²) in [4.78, 5) is 18.4. The van der Waals surface area contributed by atoms with Crippen molar-refractivity contribution in [3.8, 4) is 0 Å². The van der Waals surface area contributed by atoms with E-state index in [9.17, 15) is 9.90 Å². The van der Waals surface area contributed by atoms with Crippen molar-refractivity contribution >= 4 is 16.8 Å². The van der Waals surface area contributed by atoms with Crippen LogP contribution >= 0.6 is 0 Å². The molecule has 134 valence electrons. The lowest BCUT2D eigenvalue weighted by Crippen LogP contribution is -2.55. The summed E-state index contributed by atoms with van der Waals surface area (Å²) < 4.78 is 0. The van der Waals surface area contributed by atoms with Crippen LogP contribution in [0.5, 0.6) is 0 Å². The Balaban J connectivity index is 1.51.